The smallest absolute Gasteiger partial charge is 0.0431 e. The van der Waals surface area contributed by atoms with Crippen LogP contribution in [0.1, 0.15) is 54.6 Å². The Morgan fingerprint density at radius 2 is 1.80 bits per heavy atom. The molecule has 1 N–H and O–H groups in total. The van der Waals surface area contributed by atoms with Crippen molar-refractivity contribution in [3.8, 4) is 0 Å². The first-order valence-corrected chi connectivity index (χ1v) is 4.23. The monoisotopic (exact) mass is 146 g/mol. The molecule has 0 aromatic rings. The van der Waals surface area contributed by atoms with Crippen LogP contribution in [0.25, 0.3) is 0 Å². The first-order chi connectivity index (χ1) is 5.62. The Morgan fingerprint density at radius 3 is 2.40 bits per heavy atom. The van der Waals surface area contributed by atoms with Gasteiger partial charge in [-0.15, -0.1) is 0 Å². The van der Waals surface area contributed by atoms with Gasteiger partial charge in [-0.1, -0.05) is 45.4 Å². The fourth-order valence-electron chi connectivity index (χ4n) is 0.829. The molecule has 1 heteroatoms. The molecule has 0 aromatic heterocycles. The minimum Gasteiger partial charge on any atom is -0.396 e. The van der Waals surface area contributed by atoms with Crippen molar-refractivity contribution in [2.75, 3.05) is 6.61 Å². The lowest BCUT2D eigenvalue weighted by molar-refractivity contribution is 0.282. The number of hydrogen-bond donors (Lipinski definition) is 1. The molecule has 0 aliphatic carbocycles. The van der Waals surface area contributed by atoms with E-state index in [4.69, 9.17) is 7.85 Å². The summed E-state index contributed by atoms with van der Waals surface area (Å²) in [6.07, 6.45) is 3.87. The number of rotatable bonds is 7. The predicted molar refractivity (Wildman–Crippen MR) is 45.1 cm³/mol. The van der Waals surface area contributed by atoms with E-state index in [-0.39, 0.29) is 6.61 Å². The van der Waals surface area contributed by atoms with E-state index in [1.165, 1.54) is 0 Å². The second-order valence-corrected chi connectivity index (χ2v) is 2.53. The summed E-state index contributed by atoms with van der Waals surface area (Å²) in [6, 6.07) is 0. The van der Waals surface area contributed by atoms with Crippen LogP contribution in [-0.4, -0.2) is 11.7 Å². The molecule has 0 atom stereocenters. The van der Waals surface area contributed by atoms with E-state index >= 15 is 0 Å². The molecular weight excluding hydrogens is 124 g/mol. The SMILES string of the molecule is [2H]C([2H])(CCCO)CCCCC. The van der Waals surface area contributed by atoms with Crippen molar-refractivity contribution in [3.63, 3.8) is 0 Å². The molecule has 0 amide bonds. The van der Waals surface area contributed by atoms with Gasteiger partial charge in [-0.2, -0.15) is 0 Å². The van der Waals surface area contributed by atoms with Crippen LogP contribution in [0.5, 0.6) is 0 Å². The zero-order valence-corrected chi connectivity index (χ0v) is 6.90. The molecule has 0 aliphatic rings. The maximum Gasteiger partial charge on any atom is 0.0431 e. The Bertz CT molecular complexity index is 105. The Hall–Kier alpha value is -0.0400. The minimum absolute atomic E-state index is 0.104. The Kier molecular flexibility index (Phi) is 5.96. The molecule has 0 spiro atoms. The molecule has 10 heavy (non-hydrogen) atoms. The number of unbranched alkanes of at least 4 members (excludes halogenated alkanes) is 2. The Labute approximate surface area is 67.3 Å². The van der Waals surface area contributed by atoms with Gasteiger partial charge in [0.05, 0.1) is 0 Å². The predicted octanol–water partition coefficient (Wildman–Crippen LogP) is 2.73. The van der Waals surface area contributed by atoms with Crippen LogP contribution in [0.4, 0.5) is 0 Å². The van der Waals surface area contributed by atoms with E-state index in [2.05, 4.69) is 6.92 Å². The zero-order valence-electron chi connectivity index (χ0n) is 8.90. The molecule has 0 saturated carbocycles. The van der Waals surface area contributed by atoms with E-state index < -0.39 is 6.37 Å². The van der Waals surface area contributed by atoms with Crippen LogP contribution in [-0.2, 0) is 0 Å². The highest BCUT2D eigenvalue weighted by molar-refractivity contribution is 4.43. The molecule has 0 radical (unpaired) electrons. The molecule has 0 bridgehead atoms. The zero-order chi connectivity index (χ0) is 9.45. The second kappa shape index (κ2) is 8.96. The van der Waals surface area contributed by atoms with Crippen molar-refractivity contribution in [2.24, 2.45) is 0 Å². The first kappa shape index (κ1) is 6.66. The average Bonchev–Trinajstić information content (AvgIpc) is 2.01. The van der Waals surface area contributed by atoms with E-state index in [0.29, 0.717) is 19.3 Å². The van der Waals surface area contributed by atoms with Crippen molar-refractivity contribution in [3.05, 3.63) is 0 Å². The summed E-state index contributed by atoms with van der Waals surface area (Å²) < 4.78 is 15.1. The average molecular weight is 146 g/mol. The number of aliphatic hydroxyl groups is 1. The molecule has 0 saturated heterocycles. The molecule has 0 unspecified atom stereocenters. The highest BCUT2D eigenvalue weighted by atomic mass is 16.2. The topological polar surface area (TPSA) is 20.2 Å². The number of aliphatic hydroxyl groups excluding tert-OH is 1. The van der Waals surface area contributed by atoms with Crippen molar-refractivity contribution in [1.29, 1.82) is 0 Å². The lowest BCUT2D eigenvalue weighted by atomic mass is 10.1. The standard InChI is InChI=1S/C9H20O/c1-2-3-4-5-6-7-8-9-10/h10H,2-9H2,1H3/i6D2. The molecule has 0 aliphatic heterocycles. The van der Waals surface area contributed by atoms with Gasteiger partial charge >= 0.3 is 0 Å². The van der Waals surface area contributed by atoms with Gasteiger partial charge in [-0.25, -0.2) is 0 Å². The van der Waals surface area contributed by atoms with Gasteiger partial charge < -0.3 is 5.11 Å². The molecule has 1 nitrogen and oxygen atoms in total. The maximum atomic E-state index is 8.53. The minimum atomic E-state index is -1.06. The summed E-state index contributed by atoms with van der Waals surface area (Å²) in [6.45, 7) is 2.22. The quantitative estimate of drug-likeness (QED) is 0.547. The molecular formula is C9H20O. The van der Waals surface area contributed by atoms with E-state index in [0.717, 1.165) is 19.3 Å². The molecule has 0 rings (SSSR count). The van der Waals surface area contributed by atoms with Crippen molar-refractivity contribution in [1.82, 2.24) is 0 Å². The summed E-state index contributed by atoms with van der Waals surface area (Å²) in [7, 11) is 0. The van der Waals surface area contributed by atoms with Crippen molar-refractivity contribution >= 4 is 0 Å². The lowest BCUT2D eigenvalue weighted by Gasteiger charge is -1.97. The van der Waals surface area contributed by atoms with Crippen LogP contribution in [0.3, 0.4) is 0 Å². The fraction of sp³-hybridized carbons (Fsp3) is 1.00. The van der Waals surface area contributed by atoms with E-state index in [1.54, 1.807) is 0 Å². The number of hydrogen-bond acceptors (Lipinski definition) is 1. The summed E-state index contributed by atoms with van der Waals surface area (Å²) in [4.78, 5) is 0. The van der Waals surface area contributed by atoms with Crippen LogP contribution >= 0.6 is 0 Å². The van der Waals surface area contributed by atoms with Crippen molar-refractivity contribution in [2.45, 2.75) is 51.8 Å². The first-order valence-electron chi connectivity index (χ1n) is 5.23. The van der Waals surface area contributed by atoms with Gasteiger partial charge in [0.1, 0.15) is 0 Å². The molecule has 62 valence electrons. The van der Waals surface area contributed by atoms with Crippen molar-refractivity contribution < 1.29 is 7.85 Å². The van der Waals surface area contributed by atoms with E-state index in [1.807, 2.05) is 0 Å². The van der Waals surface area contributed by atoms with Gasteiger partial charge in [-0.05, 0) is 6.42 Å². The van der Waals surface area contributed by atoms with Gasteiger partial charge in [0.15, 0.2) is 0 Å². The summed E-state index contributed by atoms with van der Waals surface area (Å²) in [5, 5.41) is 8.53. The Balaban J connectivity index is 3.42. The lowest BCUT2D eigenvalue weighted by Crippen LogP contribution is -1.83. The van der Waals surface area contributed by atoms with Crippen LogP contribution in [0.2, 0.25) is 0 Å². The maximum absolute atomic E-state index is 8.53. The normalized spacial score (nSPS) is 14.6. The summed E-state index contributed by atoms with van der Waals surface area (Å²) in [5.41, 5.74) is 0. The largest absolute Gasteiger partial charge is 0.396 e. The van der Waals surface area contributed by atoms with Gasteiger partial charge in [0.25, 0.3) is 0 Å². The molecule has 0 fully saturated rings. The molecule has 0 aromatic carbocycles. The highest BCUT2D eigenvalue weighted by Crippen LogP contribution is 2.05. The second-order valence-electron chi connectivity index (χ2n) is 2.53. The van der Waals surface area contributed by atoms with E-state index in [9.17, 15) is 0 Å². The third kappa shape index (κ3) is 7.96. The van der Waals surface area contributed by atoms with Gasteiger partial charge in [-0.3, -0.25) is 0 Å². The van der Waals surface area contributed by atoms with Crippen LogP contribution < -0.4 is 0 Å². The fourth-order valence-corrected chi connectivity index (χ4v) is 0.829. The van der Waals surface area contributed by atoms with Gasteiger partial charge in [0, 0.05) is 9.35 Å². The van der Waals surface area contributed by atoms with Crippen LogP contribution in [0, 0.1) is 0 Å². The Morgan fingerprint density at radius 1 is 1.10 bits per heavy atom. The van der Waals surface area contributed by atoms with Gasteiger partial charge in [0.2, 0.25) is 0 Å². The van der Waals surface area contributed by atoms with Crippen LogP contribution in [0.15, 0.2) is 0 Å². The highest BCUT2D eigenvalue weighted by Gasteiger charge is 1.88. The third-order valence-corrected chi connectivity index (χ3v) is 1.47. The molecule has 0 heterocycles. The summed E-state index contributed by atoms with van der Waals surface area (Å²) in [5.74, 6) is 0. The third-order valence-electron chi connectivity index (χ3n) is 1.47. The summed E-state index contributed by atoms with van der Waals surface area (Å²) >= 11 is 0.